The molecule has 1 heterocycles. The summed E-state index contributed by atoms with van der Waals surface area (Å²) in [5.74, 6) is -1.05. The third-order valence-corrected chi connectivity index (χ3v) is 2.78. The fourth-order valence-corrected chi connectivity index (χ4v) is 1.71. The molecule has 0 atom stereocenters. The highest BCUT2D eigenvalue weighted by molar-refractivity contribution is 5.87. The molecule has 1 aromatic carbocycles. The van der Waals surface area contributed by atoms with Crippen LogP contribution < -0.4 is 5.56 Å². The summed E-state index contributed by atoms with van der Waals surface area (Å²) in [6, 6.07) is 10.0. The molecule has 0 aliphatic carbocycles. The van der Waals surface area contributed by atoms with Crippen molar-refractivity contribution in [1.82, 2.24) is 4.57 Å². The molecule has 0 amide bonds. The Morgan fingerprint density at radius 3 is 2.39 bits per heavy atom. The van der Waals surface area contributed by atoms with E-state index >= 15 is 0 Å². The highest BCUT2D eigenvalue weighted by Gasteiger charge is 2.06. The maximum absolute atomic E-state index is 11.7. The number of hydrogen-bond acceptors (Lipinski definition) is 2. The van der Waals surface area contributed by atoms with Crippen LogP contribution in [0.25, 0.3) is 5.69 Å². The standard InChI is InChI=1S/C14H13NO3/c1-2-10-3-6-12(7-4-10)15-9-11(14(17)18)5-8-13(15)16/h3-9H,2H2,1H3,(H,17,18). The van der Waals surface area contributed by atoms with Crippen LogP contribution in [-0.2, 0) is 6.42 Å². The summed E-state index contributed by atoms with van der Waals surface area (Å²) in [5, 5.41) is 8.91. The lowest BCUT2D eigenvalue weighted by Crippen LogP contribution is -2.18. The second-order valence-electron chi connectivity index (χ2n) is 3.95. The predicted molar refractivity (Wildman–Crippen MR) is 68.4 cm³/mol. The molecule has 0 radical (unpaired) electrons. The van der Waals surface area contributed by atoms with Gasteiger partial charge in [0.15, 0.2) is 0 Å². The number of hydrogen-bond donors (Lipinski definition) is 1. The minimum absolute atomic E-state index is 0.0918. The van der Waals surface area contributed by atoms with Crippen molar-refractivity contribution < 1.29 is 9.90 Å². The highest BCUT2D eigenvalue weighted by atomic mass is 16.4. The molecular weight excluding hydrogens is 230 g/mol. The Morgan fingerprint density at radius 1 is 1.17 bits per heavy atom. The van der Waals surface area contributed by atoms with Gasteiger partial charge in [-0.1, -0.05) is 19.1 Å². The van der Waals surface area contributed by atoms with Gasteiger partial charge in [-0.15, -0.1) is 0 Å². The molecule has 0 aliphatic rings. The predicted octanol–water partition coefficient (Wildman–Crippen LogP) is 2.10. The van der Waals surface area contributed by atoms with Gasteiger partial charge in [0.2, 0.25) is 0 Å². The molecule has 92 valence electrons. The fourth-order valence-electron chi connectivity index (χ4n) is 1.71. The van der Waals surface area contributed by atoms with Crippen LogP contribution in [0.1, 0.15) is 22.8 Å². The number of carbonyl (C=O) groups is 1. The van der Waals surface area contributed by atoms with Crippen LogP contribution in [0.4, 0.5) is 0 Å². The van der Waals surface area contributed by atoms with Crippen molar-refractivity contribution in [2.24, 2.45) is 0 Å². The van der Waals surface area contributed by atoms with Gasteiger partial charge in [0.1, 0.15) is 0 Å². The first-order valence-electron chi connectivity index (χ1n) is 5.67. The van der Waals surface area contributed by atoms with E-state index in [-0.39, 0.29) is 11.1 Å². The smallest absolute Gasteiger partial charge is 0.337 e. The fraction of sp³-hybridized carbons (Fsp3) is 0.143. The van der Waals surface area contributed by atoms with Gasteiger partial charge in [-0.05, 0) is 30.2 Å². The van der Waals surface area contributed by atoms with Crippen molar-refractivity contribution in [2.45, 2.75) is 13.3 Å². The molecule has 0 saturated heterocycles. The molecular formula is C14H13NO3. The van der Waals surface area contributed by atoms with Crippen molar-refractivity contribution in [3.63, 3.8) is 0 Å². The van der Waals surface area contributed by atoms with Gasteiger partial charge in [-0.25, -0.2) is 4.79 Å². The molecule has 2 aromatic rings. The van der Waals surface area contributed by atoms with Gasteiger partial charge in [0, 0.05) is 18.0 Å². The van der Waals surface area contributed by atoms with E-state index in [1.807, 2.05) is 31.2 Å². The van der Waals surface area contributed by atoms with E-state index in [1.54, 1.807) is 0 Å². The lowest BCUT2D eigenvalue weighted by Gasteiger charge is -2.07. The number of rotatable bonds is 3. The first kappa shape index (κ1) is 12.1. The zero-order chi connectivity index (χ0) is 13.1. The van der Waals surface area contributed by atoms with Crippen LogP contribution in [0.5, 0.6) is 0 Å². The number of aromatic carboxylic acids is 1. The first-order chi connectivity index (χ1) is 8.61. The number of nitrogens with zero attached hydrogens (tertiary/aromatic N) is 1. The molecule has 1 N–H and O–H groups in total. The summed E-state index contributed by atoms with van der Waals surface area (Å²) in [6.07, 6.45) is 2.26. The largest absolute Gasteiger partial charge is 0.478 e. The molecule has 1 aromatic heterocycles. The van der Waals surface area contributed by atoms with Gasteiger partial charge in [0.05, 0.1) is 5.56 Å². The second kappa shape index (κ2) is 4.87. The number of carboxylic acids is 1. The quantitative estimate of drug-likeness (QED) is 0.898. The monoisotopic (exact) mass is 243 g/mol. The minimum atomic E-state index is -1.05. The maximum Gasteiger partial charge on any atom is 0.337 e. The van der Waals surface area contributed by atoms with Crippen LogP contribution in [0, 0.1) is 0 Å². The average molecular weight is 243 g/mol. The first-order valence-corrected chi connectivity index (χ1v) is 5.67. The zero-order valence-corrected chi connectivity index (χ0v) is 9.96. The van der Waals surface area contributed by atoms with Gasteiger partial charge >= 0.3 is 5.97 Å². The second-order valence-corrected chi connectivity index (χ2v) is 3.95. The molecule has 0 fully saturated rings. The van der Waals surface area contributed by atoms with Crippen molar-refractivity contribution in [3.8, 4) is 5.69 Å². The summed E-state index contributed by atoms with van der Waals surface area (Å²) < 4.78 is 1.34. The average Bonchev–Trinajstić information content (AvgIpc) is 2.39. The Bertz CT molecular complexity index is 626. The van der Waals surface area contributed by atoms with Crippen LogP contribution >= 0.6 is 0 Å². The van der Waals surface area contributed by atoms with Crippen LogP contribution in [0.15, 0.2) is 47.4 Å². The van der Waals surface area contributed by atoms with E-state index in [0.29, 0.717) is 5.69 Å². The van der Waals surface area contributed by atoms with E-state index in [0.717, 1.165) is 6.42 Å². The Morgan fingerprint density at radius 2 is 1.83 bits per heavy atom. The van der Waals surface area contributed by atoms with E-state index in [9.17, 15) is 9.59 Å². The molecule has 0 spiro atoms. The topological polar surface area (TPSA) is 59.3 Å². The summed E-state index contributed by atoms with van der Waals surface area (Å²) in [4.78, 5) is 22.6. The van der Waals surface area contributed by atoms with Gasteiger partial charge < -0.3 is 5.11 Å². The number of benzene rings is 1. The molecule has 0 unspecified atom stereocenters. The zero-order valence-electron chi connectivity index (χ0n) is 9.96. The molecule has 4 heteroatoms. The van der Waals surface area contributed by atoms with Crippen LogP contribution in [0.3, 0.4) is 0 Å². The molecule has 0 aliphatic heterocycles. The summed E-state index contributed by atoms with van der Waals surface area (Å²) in [5.41, 5.74) is 1.68. The van der Waals surface area contributed by atoms with Crippen molar-refractivity contribution in [2.75, 3.05) is 0 Å². The van der Waals surface area contributed by atoms with Crippen molar-refractivity contribution in [3.05, 3.63) is 64.1 Å². The summed E-state index contributed by atoms with van der Waals surface area (Å²) >= 11 is 0. The maximum atomic E-state index is 11.7. The minimum Gasteiger partial charge on any atom is -0.478 e. The van der Waals surface area contributed by atoms with E-state index in [2.05, 4.69) is 0 Å². The van der Waals surface area contributed by atoms with E-state index in [1.165, 1.54) is 28.5 Å². The van der Waals surface area contributed by atoms with Crippen molar-refractivity contribution in [1.29, 1.82) is 0 Å². The number of aryl methyl sites for hydroxylation is 1. The summed E-state index contributed by atoms with van der Waals surface area (Å²) in [6.45, 7) is 2.05. The van der Waals surface area contributed by atoms with E-state index in [4.69, 9.17) is 5.11 Å². The molecule has 18 heavy (non-hydrogen) atoms. The summed E-state index contributed by atoms with van der Waals surface area (Å²) in [7, 11) is 0. The SMILES string of the molecule is CCc1ccc(-n2cc(C(=O)O)ccc2=O)cc1. The van der Waals surface area contributed by atoms with Crippen molar-refractivity contribution >= 4 is 5.97 Å². The molecule has 0 bridgehead atoms. The lowest BCUT2D eigenvalue weighted by atomic mass is 10.1. The van der Waals surface area contributed by atoms with Gasteiger partial charge in [-0.3, -0.25) is 9.36 Å². The van der Waals surface area contributed by atoms with Gasteiger partial charge in [0.25, 0.3) is 5.56 Å². The number of carboxylic acid groups (broad SMARTS) is 1. The normalized spacial score (nSPS) is 10.3. The third kappa shape index (κ3) is 2.32. The number of aromatic nitrogens is 1. The Kier molecular flexibility index (Phi) is 3.28. The molecule has 0 saturated carbocycles. The number of pyridine rings is 1. The van der Waals surface area contributed by atoms with E-state index < -0.39 is 5.97 Å². The Hall–Kier alpha value is -2.36. The molecule has 2 rings (SSSR count). The van der Waals surface area contributed by atoms with Gasteiger partial charge in [-0.2, -0.15) is 0 Å². The third-order valence-electron chi connectivity index (χ3n) is 2.78. The Labute approximate surface area is 104 Å². The molecule has 4 nitrogen and oxygen atoms in total. The lowest BCUT2D eigenvalue weighted by molar-refractivity contribution is 0.0696. The van der Waals surface area contributed by atoms with Crippen LogP contribution in [0.2, 0.25) is 0 Å². The highest BCUT2D eigenvalue weighted by Crippen LogP contribution is 2.09. The Balaban J connectivity index is 2.51. The van der Waals surface area contributed by atoms with Crippen LogP contribution in [-0.4, -0.2) is 15.6 Å².